The van der Waals surface area contributed by atoms with Gasteiger partial charge in [0.2, 0.25) is 0 Å². The van der Waals surface area contributed by atoms with E-state index < -0.39 is 0 Å². The molecule has 0 bridgehead atoms. The number of benzene rings is 1. The molecule has 0 atom stereocenters. The molecule has 1 heterocycles. The monoisotopic (exact) mass is 274 g/mol. The first-order valence-electron chi connectivity index (χ1n) is 6.59. The van der Waals surface area contributed by atoms with E-state index in [1.54, 1.807) is 18.4 Å². The predicted molar refractivity (Wildman–Crippen MR) is 77.7 cm³/mol. The van der Waals surface area contributed by atoms with Crippen molar-refractivity contribution in [1.82, 2.24) is 10.3 Å². The lowest BCUT2D eigenvalue weighted by atomic mass is 9.76. The largest absolute Gasteiger partial charge is 0.497 e. The molecular weight excluding hydrogens is 256 g/mol. The fraction of sp³-hybridized carbons (Fsp3) is 0.400. The summed E-state index contributed by atoms with van der Waals surface area (Å²) >= 11 is 1.65. The molecule has 1 aromatic heterocycles. The van der Waals surface area contributed by atoms with Crippen LogP contribution in [0, 0.1) is 0 Å². The number of hydrogen-bond donors (Lipinski definition) is 1. The zero-order chi connectivity index (χ0) is 13.1. The van der Waals surface area contributed by atoms with Gasteiger partial charge in [0, 0.05) is 18.0 Å². The van der Waals surface area contributed by atoms with Gasteiger partial charge in [-0.15, -0.1) is 11.3 Å². The first-order chi connectivity index (χ1) is 9.35. The maximum absolute atomic E-state index is 5.18. The molecule has 0 aliphatic heterocycles. The minimum absolute atomic E-state index is 0.633. The van der Waals surface area contributed by atoms with Crippen molar-refractivity contribution in [1.29, 1.82) is 0 Å². The van der Waals surface area contributed by atoms with Crippen molar-refractivity contribution in [2.24, 2.45) is 0 Å². The molecule has 1 aliphatic rings. The minimum Gasteiger partial charge on any atom is -0.497 e. The van der Waals surface area contributed by atoms with Gasteiger partial charge in [0.1, 0.15) is 5.75 Å². The van der Waals surface area contributed by atoms with Crippen LogP contribution in [0.1, 0.15) is 30.0 Å². The number of thiazole rings is 1. The molecule has 2 aromatic rings. The zero-order valence-electron chi connectivity index (χ0n) is 11.0. The molecule has 1 N–H and O–H groups in total. The number of rotatable bonds is 5. The Morgan fingerprint density at radius 2 is 2.11 bits per heavy atom. The predicted octanol–water partition coefficient (Wildman–Crippen LogP) is 3.19. The highest BCUT2D eigenvalue weighted by Gasteiger charge is 2.29. The smallest absolute Gasteiger partial charge is 0.118 e. The summed E-state index contributed by atoms with van der Waals surface area (Å²) in [6.07, 6.45) is 2.44. The van der Waals surface area contributed by atoms with Gasteiger partial charge in [-0.05, 0) is 36.5 Å². The van der Waals surface area contributed by atoms with Crippen molar-refractivity contribution >= 4 is 11.3 Å². The van der Waals surface area contributed by atoms with E-state index >= 15 is 0 Å². The molecule has 0 amide bonds. The molecule has 1 aromatic carbocycles. The van der Waals surface area contributed by atoms with Crippen LogP contribution in [0.2, 0.25) is 0 Å². The van der Waals surface area contributed by atoms with Gasteiger partial charge < -0.3 is 10.1 Å². The summed E-state index contributed by atoms with van der Waals surface area (Å²) in [6.45, 7) is 0.892. The van der Waals surface area contributed by atoms with Crippen molar-refractivity contribution in [3.8, 4) is 5.75 Å². The fourth-order valence-electron chi connectivity index (χ4n) is 2.51. The summed E-state index contributed by atoms with van der Waals surface area (Å²) in [4.78, 5) is 4.28. The highest BCUT2D eigenvalue weighted by atomic mass is 32.1. The second-order valence-corrected chi connectivity index (χ2v) is 5.72. The maximum Gasteiger partial charge on any atom is 0.118 e. The van der Waals surface area contributed by atoms with Crippen LogP contribution in [0.4, 0.5) is 0 Å². The van der Waals surface area contributed by atoms with Gasteiger partial charge in [0.05, 0.1) is 18.3 Å². The van der Waals surface area contributed by atoms with Crippen LogP contribution in [0.5, 0.6) is 5.75 Å². The van der Waals surface area contributed by atoms with Crippen molar-refractivity contribution in [2.45, 2.75) is 31.3 Å². The van der Waals surface area contributed by atoms with Gasteiger partial charge >= 0.3 is 0 Å². The Labute approximate surface area is 117 Å². The second-order valence-electron chi connectivity index (χ2n) is 5.00. The van der Waals surface area contributed by atoms with Crippen LogP contribution in [0.15, 0.2) is 35.2 Å². The zero-order valence-corrected chi connectivity index (χ0v) is 11.8. The normalized spacial score (nSPS) is 21.9. The maximum atomic E-state index is 5.18. The highest BCUT2D eigenvalue weighted by Crippen LogP contribution is 2.37. The van der Waals surface area contributed by atoms with E-state index in [1.807, 2.05) is 17.6 Å². The van der Waals surface area contributed by atoms with Gasteiger partial charge in [0.25, 0.3) is 0 Å². The van der Waals surface area contributed by atoms with E-state index in [1.165, 1.54) is 18.4 Å². The number of nitrogens with one attached hydrogen (secondary N) is 1. The molecule has 4 heteroatoms. The third-order valence-corrected chi connectivity index (χ3v) is 4.42. The van der Waals surface area contributed by atoms with Crippen LogP contribution in [-0.4, -0.2) is 18.1 Å². The molecule has 1 fully saturated rings. The first kappa shape index (κ1) is 12.6. The van der Waals surface area contributed by atoms with Gasteiger partial charge in [0.15, 0.2) is 0 Å². The molecule has 100 valence electrons. The van der Waals surface area contributed by atoms with E-state index in [0.29, 0.717) is 12.0 Å². The Morgan fingerprint density at radius 1 is 1.32 bits per heavy atom. The van der Waals surface area contributed by atoms with Gasteiger partial charge in [-0.2, -0.15) is 0 Å². The number of ether oxygens (including phenoxy) is 1. The van der Waals surface area contributed by atoms with Crippen LogP contribution >= 0.6 is 11.3 Å². The number of hydrogen-bond acceptors (Lipinski definition) is 4. The van der Waals surface area contributed by atoms with Crippen molar-refractivity contribution in [3.63, 3.8) is 0 Å². The van der Waals surface area contributed by atoms with Gasteiger partial charge in [-0.25, -0.2) is 4.98 Å². The number of aromatic nitrogens is 1. The Hall–Kier alpha value is -1.39. The Balaban J connectivity index is 1.46. The van der Waals surface area contributed by atoms with E-state index in [0.717, 1.165) is 18.0 Å². The van der Waals surface area contributed by atoms with Crippen LogP contribution in [0.25, 0.3) is 0 Å². The first-order valence-corrected chi connectivity index (χ1v) is 7.54. The highest BCUT2D eigenvalue weighted by molar-refractivity contribution is 7.07. The summed E-state index contributed by atoms with van der Waals surface area (Å²) in [7, 11) is 1.71. The van der Waals surface area contributed by atoms with Crippen molar-refractivity contribution < 1.29 is 4.74 Å². The Kier molecular flexibility index (Phi) is 3.80. The molecular formula is C15H18N2OS. The number of methoxy groups -OCH3 is 1. The van der Waals surface area contributed by atoms with Crippen molar-refractivity contribution in [3.05, 3.63) is 46.4 Å². The van der Waals surface area contributed by atoms with Gasteiger partial charge in [-0.3, -0.25) is 0 Å². The fourth-order valence-corrected chi connectivity index (χ4v) is 3.06. The molecule has 3 rings (SSSR count). The average Bonchev–Trinajstić information content (AvgIpc) is 2.91. The Morgan fingerprint density at radius 3 is 2.74 bits per heavy atom. The SMILES string of the molecule is COc1ccc(C2CC(NCc3cscn3)C2)cc1. The van der Waals surface area contributed by atoms with E-state index in [-0.39, 0.29) is 0 Å². The standard InChI is InChI=1S/C15H18N2OS/c1-18-15-4-2-11(3-5-15)12-6-13(7-12)16-8-14-9-19-10-17-14/h2-5,9-10,12-13,16H,6-8H2,1H3. The molecule has 1 saturated carbocycles. The molecule has 1 aliphatic carbocycles. The van der Waals surface area contributed by atoms with Gasteiger partial charge in [-0.1, -0.05) is 12.1 Å². The lowest BCUT2D eigenvalue weighted by Crippen LogP contribution is -2.39. The summed E-state index contributed by atoms with van der Waals surface area (Å²) < 4.78 is 5.18. The molecule has 0 spiro atoms. The van der Waals surface area contributed by atoms with Crippen LogP contribution in [0.3, 0.4) is 0 Å². The minimum atomic E-state index is 0.633. The third-order valence-electron chi connectivity index (χ3n) is 3.78. The van der Waals surface area contributed by atoms with E-state index in [2.05, 4.69) is 27.8 Å². The van der Waals surface area contributed by atoms with E-state index in [9.17, 15) is 0 Å². The lowest BCUT2D eigenvalue weighted by Gasteiger charge is -2.36. The molecule has 0 unspecified atom stereocenters. The van der Waals surface area contributed by atoms with Crippen LogP contribution < -0.4 is 10.1 Å². The molecule has 0 saturated heterocycles. The second kappa shape index (κ2) is 5.72. The average molecular weight is 274 g/mol. The quantitative estimate of drug-likeness (QED) is 0.909. The summed E-state index contributed by atoms with van der Waals surface area (Å²) in [6, 6.07) is 9.09. The summed E-state index contributed by atoms with van der Waals surface area (Å²) in [5, 5.41) is 5.67. The molecule has 3 nitrogen and oxygen atoms in total. The summed E-state index contributed by atoms with van der Waals surface area (Å²) in [5.41, 5.74) is 4.46. The third kappa shape index (κ3) is 2.96. The lowest BCUT2D eigenvalue weighted by molar-refractivity contribution is 0.288. The van der Waals surface area contributed by atoms with Crippen molar-refractivity contribution in [2.75, 3.05) is 7.11 Å². The molecule has 19 heavy (non-hydrogen) atoms. The summed E-state index contributed by atoms with van der Waals surface area (Å²) in [5.74, 6) is 1.63. The van der Waals surface area contributed by atoms with Crippen LogP contribution in [-0.2, 0) is 6.54 Å². The number of nitrogens with zero attached hydrogens (tertiary/aromatic N) is 1. The Bertz CT molecular complexity index is 503. The van der Waals surface area contributed by atoms with E-state index in [4.69, 9.17) is 4.74 Å². The molecule has 0 radical (unpaired) electrons. The topological polar surface area (TPSA) is 34.1 Å².